The third kappa shape index (κ3) is 2.51. The standard InChI is InChI=1S/C12H13NO3/c1-3-12(2,8-13)11(15)16-10-6-4-9(14)5-7-10/h4-7,14H,3H2,1-2H3. The molecule has 0 bridgehead atoms. The molecule has 0 amide bonds. The average molecular weight is 219 g/mol. The smallest absolute Gasteiger partial charge is 0.331 e. The first kappa shape index (κ1) is 12.1. The van der Waals surface area contributed by atoms with E-state index in [-0.39, 0.29) is 5.75 Å². The Balaban J connectivity index is 2.79. The molecule has 16 heavy (non-hydrogen) atoms. The van der Waals surface area contributed by atoms with Crippen LogP contribution in [-0.2, 0) is 4.79 Å². The number of carbonyl (C=O) groups excluding carboxylic acids is 1. The Hall–Kier alpha value is -2.02. The van der Waals surface area contributed by atoms with Gasteiger partial charge in [0.1, 0.15) is 11.5 Å². The Labute approximate surface area is 94.1 Å². The minimum Gasteiger partial charge on any atom is -0.508 e. The molecule has 4 heteroatoms. The predicted octanol–water partition coefficient (Wildman–Crippen LogP) is 2.24. The van der Waals surface area contributed by atoms with Crippen molar-refractivity contribution in [1.82, 2.24) is 0 Å². The van der Waals surface area contributed by atoms with E-state index in [9.17, 15) is 4.79 Å². The Morgan fingerprint density at radius 1 is 1.50 bits per heavy atom. The maximum atomic E-state index is 11.7. The molecule has 0 aromatic heterocycles. The highest BCUT2D eigenvalue weighted by Gasteiger charge is 2.33. The van der Waals surface area contributed by atoms with Crippen molar-refractivity contribution in [3.8, 4) is 17.6 Å². The van der Waals surface area contributed by atoms with Gasteiger partial charge in [0.05, 0.1) is 6.07 Å². The van der Waals surface area contributed by atoms with Crippen molar-refractivity contribution in [2.45, 2.75) is 20.3 Å². The van der Waals surface area contributed by atoms with Gasteiger partial charge in [0.25, 0.3) is 0 Å². The van der Waals surface area contributed by atoms with Gasteiger partial charge in [0, 0.05) is 0 Å². The monoisotopic (exact) mass is 219 g/mol. The van der Waals surface area contributed by atoms with Gasteiger partial charge in [0.2, 0.25) is 0 Å². The molecule has 0 saturated carbocycles. The first-order chi connectivity index (χ1) is 7.51. The molecule has 1 atom stereocenters. The van der Waals surface area contributed by atoms with Gasteiger partial charge in [-0.05, 0) is 37.6 Å². The molecule has 0 aliphatic heterocycles. The Bertz CT molecular complexity index is 419. The number of nitriles is 1. The number of phenolic OH excluding ortho intramolecular Hbond substituents is 1. The third-order valence-electron chi connectivity index (χ3n) is 2.45. The summed E-state index contributed by atoms with van der Waals surface area (Å²) in [5.41, 5.74) is -1.13. The second-order valence-electron chi connectivity index (χ2n) is 3.68. The summed E-state index contributed by atoms with van der Waals surface area (Å²) < 4.78 is 5.04. The van der Waals surface area contributed by atoms with Crippen molar-refractivity contribution in [1.29, 1.82) is 5.26 Å². The molecule has 4 nitrogen and oxygen atoms in total. The van der Waals surface area contributed by atoms with Crippen molar-refractivity contribution in [3.63, 3.8) is 0 Å². The molecule has 1 unspecified atom stereocenters. The van der Waals surface area contributed by atoms with Crippen LogP contribution >= 0.6 is 0 Å². The van der Waals surface area contributed by atoms with Gasteiger partial charge in [-0.15, -0.1) is 0 Å². The molecule has 0 fully saturated rings. The van der Waals surface area contributed by atoms with Gasteiger partial charge in [-0.2, -0.15) is 5.26 Å². The van der Waals surface area contributed by atoms with E-state index in [0.29, 0.717) is 12.2 Å². The summed E-state index contributed by atoms with van der Waals surface area (Å²) in [5.74, 6) is -0.167. The van der Waals surface area contributed by atoms with E-state index in [2.05, 4.69) is 0 Å². The maximum absolute atomic E-state index is 11.7. The minimum atomic E-state index is -1.13. The number of rotatable bonds is 3. The lowest BCUT2D eigenvalue weighted by Crippen LogP contribution is -2.29. The van der Waals surface area contributed by atoms with Crippen molar-refractivity contribution < 1.29 is 14.6 Å². The quantitative estimate of drug-likeness (QED) is 0.625. The summed E-state index contributed by atoms with van der Waals surface area (Å²) >= 11 is 0. The molecule has 1 aromatic carbocycles. The number of aromatic hydroxyl groups is 1. The SMILES string of the molecule is CCC(C)(C#N)C(=O)Oc1ccc(O)cc1. The molecule has 0 heterocycles. The highest BCUT2D eigenvalue weighted by Crippen LogP contribution is 2.24. The molecular formula is C12H13NO3. The van der Waals surface area contributed by atoms with Crippen molar-refractivity contribution in [2.24, 2.45) is 5.41 Å². The second kappa shape index (κ2) is 4.67. The van der Waals surface area contributed by atoms with Crippen molar-refractivity contribution in [3.05, 3.63) is 24.3 Å². The van der Waals surface area contributed by atoms with Crippen LogP contribution in [0.3, 0.4) is 0 Å². The zero-order chi connectivity index (χ0) is 12.2. The van der Waals surface area contributed by atoms with Crippen LogP contribution in [0, 0.1) is 16.7 Å². The average Bonchev–Trinajstić information content (AvgIpc) is 2.31. The molecule has 0 saturated heterocycles. The molecule has 84 valence electrons. The largest absolute Gasteiger partial charge is 0.508 e. The maximum Gasteiger partial charge on any atom is 0.331 e. The fraction of sp³-hybridized carbons (Fsp3) is 0.333. The fourth-order valence-corrected chi connectivity index (χ4v) is 1.00. The highest BCUT2D eigenvalue weighted by molar-refractivity contribution is 5.81. The van der Waals surface area contributed by atoms with Gasteiger partial charge in [-0.25, -0.2) is 4.79 Å². The summed E-state index contributed by atoms with van der Waals surface area (Å²) in [5, 5.41) is 17.9. The van der Waals surface area contributed by atoms with Crippen LogP contribution in [0.4, 0.5) is 0 Å². The van der Waals surface area contributed by atoms with Crippen molar-refractivity contribution in [2.75, 3.05) is 0 Å². The highest BCUT2D eigenvalue weighted by atomic mass is 16.5. The normalized spacial score (nSPS) is 13.6. The first-order valence-electron chi connectivity index (χ1n) is 4.94. The molecule has 1 N–H and O–H groups in total. The first-order valence-corrected chi connectivity index (χ1v) is 4.94. The van der Waals surface area contributed by atoms with Crippen LogP contribution in [0.25, 0.3) is 0 Å². The van der Waals surface area contributed by atoms with Crippen LogP contribution < -0.4 is 4.74 Å². The minimum absolute atomic E-state index is 0.0957. The molecule has 0 spiro atoms. The van der Waals surface area contributed by atoms with Gasteiger partial charge in [-0.1, -0.05) is 6.92 Å². The lowest BCUT2D eigenvalue weighted by atomic mass is 9.90. The number of ether oxygens (including phenoxy) is 1. The van der Waals surface area contributed by atoms with Crippen LogP contribution in [0.2, 0.25) is 0 Å². The summed E-state index contributed by atoms with van der Waals surface area (Å²) in [6.07, 6.45) is 0.389. The zero-order valence-electron chi connectivity index (χ0n) is 9.23. The van der Waals surface area contributed by atoms with Crippen LogP contribution in [0.1, 0.15) is 20.3 Å². The molecule has 0 radical (unpaired) electrons. The number of hydrogen-bond donors (Lipinski definition) is 1. The van der Waals surface area contributed by atoms with Crippen LogP contribution in [0.5, 0.6) is 11.5 Å². The van der Waals surface area contributed by atoms with E-state index in [1.165, 1.54) is 31.2 Å². The van der Waals surface area contributed by atoms with Gasteiger partial charge < -0.3 is 9.84 Å². The molecule has 1 rings (SSSR count). The number of carbonyl (C=O) groups is 1. The number of hydrogen-bond acceptors (Lipinski definition) is 4. The van der Waals surface area contributed by atoms with Crippen LogP contribution in [-0.4, -0.2) is 11.1 Å². The molecule has 1 aromatic rings. The number of benzene rings is 1. The second-order valence-corrected chi connectivity index (χ2v) is 3.68. The summed E-state index contributed by atoms with van der Waals surface area (Å²) in [6, 6.07) is 7.71. The third-order valence-corrected chi connectivity index (χ3v) is 2.45. The number of nitrogens with zero attached hydrogens (tertiary/aromatic N) is 1. The Kier molecular flexibility index (Phi) is 3.51. The van der Waals surface area contributed by atoms with E-state index < -0.39 is 11.4 Å². The Morgan fingerprint density at radius 3 is 2.50 bits per heavy atom. The van der Waals surface area contributed by atoms with Gasteiger partial charge in [-0.3, -0.25) is 0 Å². The lowest BCUT2D eigenvalue weighted by molar-refractivity contribution is -0.141. The fourth-order valence-electron chi connectivity index (χ4n) is 1.00. The number of phenols is 1. The summed E-state index contributed by atoms with van der Waals surface area (Å²) in [7, 11) is 0. The lowest BCUT2D eigenvalue weighted by Gasteiger charge is -2.17. The topological polar surface area (TPSA) is 70.3 Å². The number of esters is 1. The van der Waals surface area contributed by atoms with E-state index in [0.717, 1.165) is 0 Å². The van der Waals surface area contributed by atoms with E-state index in [1.807, 2.05) is 6.07 Å². The van der Waals surface area contributed by atoms with E-state index in [4.69, 9.17) is 15.1 Å². The van der Waals surface area contributed by atoms with Gasteiger partial charge in [0.15, 0.2) is 5.41 Å². The molecule has 0 aliphatic carbocycles. The summed E-state index contributed by atoms with van der Waals surface area (Å²) in [6.45, 7) is 3.29. The van der Waals surface area contributed by atoms with E-state index in [1.54, 1.807) is 6.92 Å². The van der Waals surface area contributed by atoms with Crippen molar-refractivity contribution >= 4 is 5.97 Å². The van der Waals surface area contributed by atoms with E-state index >= 15 is 0 Å². The molecular weight excluding hydrogens is 206 g/mol. The molecule has 0 aliphatic rings. The predicted molar refractivity (Wildman–Crippen MR) is 57.8 cm³/mol. The zero-order valence-corrected chi connectivity index (χ0v) is 9.23. The Morgan fingerprint density at radius 2 is 2.06 bits per heavy atom. The van der Waals surface area contributed by atoms with Gasteiger partial charge >= 0.3 is 5.97 Å². The summed E-state index contributed by atoms with van der Waals surface area (Å²) in [4.78, 5) is 11.7. The van der Waals surface area contributed by atoms with Crippen LogP contribution in [0.15, 0.2) is 24.3 Å².